The molecule has 1 saturated carbocycles. The highest BCUT2D eigenvalue weighted by Gasteiger charge is 2.44. The van der Waals surface area contributed by atoms with E-state index in [0.717, 1.165) is 18.2 Å². The lowest BCUT2D eigenvalue weighted by Gasteiger charge is -2.23. The second-order valence-electron chi connectivity index (χ2n) is 4.85. The maximum atomic E-state index is 13.3. The summed E-state index contributed by atoms with van der Waals surface area (Å²) in [4.78, 5) is -0.375. The minimum atomic E-state index is -4.63. The molecule has 0 saturated heterocycles. The Bertz CT molecular complexity index is 627. The highest BCUT2D eigenvalue weighted by molar-refractivity contribution is 7.89. The molecule has 2 rings (SSSR count). The number of benzene rings is 1. The third-order valence-corrected chi connectivity index (χ3v) is 5.03. The quantitative estimate of drug-likeness (QED) is 0.842. The average Bonchev–Trinajstić information content (AvgIpc) is 3.19. The molecule has 0 unspecified atom stereocenters. The van der Waals surface area contributed by atoms with Crippen molar-refractivity contribution in [3.8, 4) is 0 Å². The Labute approximate surface area is 119 Å². The van der Waals surface area contributed by atoms with Crippen molar-refractivity contribution in [2.45, 2.75) is 36.5 Å². The van der Waals surface area contributed by atoms with Gasteiger partial charge in [0.1, 0.15) is 12.4 Å². The number of rotatable bonds is 5. The summed E-state index contributed by atoms with van der Waals surface area (Å²) in [6.45, 7) is -1.78. The van der Waals surface area contributed by atoms with Gasteiger partial charge in [0, 0.05) is 18.2 Å². The molecule has 1 fully saturated rings. The van der Waals surface area contributed by atoms with Gasteiger partial charge in [-0.3, -0.25) is 0 Å². The summed E-state index contributed by atoms with van der Waals surface area (Å²) in [7, 11) is -4.33. The Balaban J connectivity index is 2.39. The predicted molar refractivity (Wildman–Crippen MR) is 67.3 cm³/mol. The van der Waals surface area contributed by atoms with Gasteiger partial charge in [0.15, 0.2) is 0 Å². The highest BCUT2D eigenvalue weighted by atomic mass is 32.2. The van der Waals surface area contributed by atoms with Gasteiger partial charge < -0.3 is 5.73 Å². The van der Waals surface area contributed by atoms with Crippen LogP contribution in [-0.2, 0) is 16.6 Å². The first-order valence-corrected chi connectivity index (χ1v) is 7.66. The topological polar surface area (TPSA) is 63.4 Å². The molecule has 21 heavy (non-hydrogen) atoms. The third-order valence-electron chi connectivity index (χ3n) is 3.13. The molecule has 1 aromatic carbocycles. The number of hydrogen-bond acceptors (Lipinski definition) is 3. The molecule has 0 aliphatic heterocycles. The lowest BCUT2D eigenvalue weighted by Crippen LogP contribution is -2.40. The van der Waals surface area contributed by atoms with E-state index in [1.807, 2.05) is 0 Å². The van der Waals surface area contributed by atoms with E-state index in [9.17, 15) is 26.0 Å². The van der Waals surface area contributed by atoms with E-state index >= 15 is 0 Å². The van der Waals surface area contributed by atoms with Crippen molar-refractivity contribution in [3.63, 3.8) is 0 Å². The Morgan fingerprint density at radius 3 is 2.38 bits per heavy atom. The smallest absolute Gasteiger partial charge is 0.326 e. The molecular formula is C12H14F4N2O2S. The van der Waals surface area contributed by atoms with E-state index < -0.39 is 34.6 Å². The van der Waals surface area contributed by atoms with E-state index in [2.05, 4.69) is 0 Å². The highest BCUT2D eigenvalue weighted by Crippen LogP contribution is 2.35. The van der Waals surface area contributed by atoms with Gasteiger partial charge in [-0.15, -0.1) is 0 Å². The van der Waals surface area contributed by atoms with Crippen molar-refractivity contribution in [2.75, 3.05) is 6.54 Å². The van der Waals surface area contributed by atoms with Crippen molar-refractivity contribution in [3.05, 3.63) is 29.6 Å². The van der Waals surface area contributed by atoms with Crippen LogP contribution in [0.25, 0.3) is 0 Å². The fraction of sp³-hybridized carbons (Fsp3) is 0.500. The summed E-state index contributed by atoms with van der Waals surface area (Å²) >= 11 is 0. The molecule has 1 aliphatic carbocycles. The Morgan fingerprint density at radius 1 is 1.29 bits per heavy atom. The molecule has 0 radical (unpaired) electrons. The second kappa shape index (κ2) is 5.54. The molecule has 1 aliphatic rings. The lowest BCUT2D eigenvalue weighted by atomic mass is 10.2. The maximum absolute atomic E-state index is 13.3. The zero-order valence-electron chi connectivity index (χ0n) is 10.9. The van der Waals surface area contributed by atoms with Gasteiger partial charge >= 0.3 is 6.18 Å². The monoisotopic (exact) mass is 326 g/mol. The fourth-order valence-corrected chi connectivity index (χ4v) is 3.67. The Hall–Kier alpha value is -1.19. The molecule has 4 nitrogen and oxygen atoms in total. The van der Waals surface area contributed by atoms with Gasteiger partial charge in [0.25, 0.3) is 0 Å². The summed E-state index contributed by atoms with van der Waals surface area (Å²) in [5, 5.41) is 0. The zero-order valence-corrected chi connectivity index (χ0v) is 11.7. The molecule has 0 bridgehead atoms. The largest absolute Gasteiger partial charge is 0.402 e. The van der Waals surface area contributed by atoms with Gasteiger partial charge in [-0.1, -0.05) is 0 Å². The van der Waals surface area contributed by atoms with Crippen LogP contribution >= 0.6 is 0 Å². The van der Waals surface area contributed by atoms with Crippen LogP contribution in [0.15, 0.2) is 23.1 Å². The lowest BCUT2D eigenvalue weighted by molar-refractivity contribution is -0.137. The molecule has 118 valence electrons. The van der Waals surface area contributed by atoms with Crippen LogP contribution in [0.4, 0.5) is 17.6 Å². The summed E-state index contributed by atoms with van der Waals surface area (Å²) in [5.74, 6) is -0.690. The number of alkyl halides is 3. The van der Waals surface area contributed by atoms with Crippen molar-refractivity contribution < 1.29 is 26.0 Å². The summed E-state index contributed by atoms with van der Waals surface area (Å²) < 4.78 is 76.1. The van der Waals surface area contributed by atoms with Crippen LogP contribution in [-0.4, -0.2) is 31.5 Å². The van der Waals surface area contributed by atoms with Crippen molar-refractivity contribution in [2.24, 2.45) is 5.73 Å². The first-order chi connectivity index (χ1) is 9.65. The Kier molecular flexibility index (Phi) is 4.27. The standard InChI is InChI=1S/C12H14F4N2O2S/c13-11-4-3-10(5-8(11)6-17)21(19,20)18(9-1-2-9)7-12(14,15)16/h3-5,9H,1-2,6-7,17H2. The number of hydrogen-bond donors (Lipinski definition) is 1. The third kappa shape index (κ3) is 3.72. The van der Waals surface area contributed by atoms with Crippen molar-refractivity contribution >= 4 is 10.0 Å². The van der Waals surface area contributed by atoms with Crippen LogP contribution in [0, 0.1) is 5.82 Å². The SMILES string of the molecule is NCc1cc(S(=O)(=O)N(CC(F)(F)F)C2CC2)ccc1F. The van der Waals surface area contributed by atoms with Crippen LogP contribution in [0.5, 0.6) is 0 Å². The summed E-state index contributed by atoms with van der Waals surface area (Å²) in [6.07, 6.45) is -3.85. The normalized spacial score (nSPS) is 16.5. The first kappa shape index (κ1) is 16.2. The van der Waals surface area contributed by atoms with E-state index in [1.165, 1.54) is 0 Å². The van der Waals surface area contributed by atoms with Crippen molar-refractivity contribution in [1.82, 2.24) is 4.31 Å². The van der Waals surface area contributed by atoms with Crippen LogP contribution in [0.1, 0.15) is 18.4 Å². The molecule has 2 N–H and O–H groups in total. The van der Waals surface area contributed by atoms with Gasteiger partial charge in [-0.05, 0) is 31.0 Å². The molecule has 1 aromatic rings. The van der Waals surface area contributed by atoms with E-state index in [1.54, 1.807) is 0 Å². The van der Waals surface area contributed by atoms with Crippen LogP contribution in [0.3, 0.4) is 0 Å². The zero-order chi connectivity index (χ0) is 15.8. The minimum absolute atomic E-state index is 0.0566. The average molecular weight is 326 g/mol. The van der Waals surface area contributed by atoms with Crippen LogP contribution in [0.2, 0.25) is 0 Å². The van der Waals surface area contributed by atoms with Crippen molar-refractivity contribution in [1.29, 1.82) is 0 Å². The number of sulfonamides is 1. The van der Waals surface area contributed by atoms with E-state index in [0.29, 0.717) is 17.1 Å². The summed E-state index contributed by atoms with van der Waals surface area (Å²) in [6, 6.07) is 2.18. The maximum Gasteiger partial charge on any atom is 0.402 e. The molecule has 0 atom stereocenters. The number of nitrogens with zero attached hydrogens (tertiary/aromatic N) is 1. The molecular weight excluding hydrogens is 312 g/mol. The first-order valence-electron chi connectivity index (χ1n) is 6.22. The van der Waals surface area contributed by atoms with Gasteiger partial charge in [-0.25, -0.2) is 12.8 Å². The molecule has 9 heteroatoms. The van der Waals surface area contributed by atoms with Gasteiger partial charge in [0.05, 0.1) is 4.90 Å². The molecule has 0 spiro atoms. The number of nitrogens with two attached hydrogens (primary N) is 1. The van der Waals surface area contributed by atoms with E-state index in [4.69, 9.17) is 5.73 Å². The number of halogens is 4. The van der Waals surface area contributed by atoms with Gasteiger partial charge in [-0.2, -0.15) is 17.5 Å². The van der Waals surface area contributed by atoms with Crippen LogP contribution < -0.4 is 5.73 Å². The second-order valence-corrected chi connectivity index (χ2v) is 6.74. The Morgan fingerprint density at radius 2 is 1.90 bits per heavy atom. The molecule has 0 heterocycles. The van der Waals surface area contributed by atoms with Gasteiger partial charge in [0.2, 0.25) is 10.0 Å². The molecule has 0 aromatic heterocycles. The minimum Gasteiger partial charge on any atom is -0.326 e. The molecule has 0 amide bonds. The summed E-state index contributed by atoms with van der Waals surface area (Å²) in [5.41, 5.74) is 5.23. The fourth-order valence-electron chi connectivity index (χ4n) is 1.95. The van der Waals surface area contributed by atoms with E-state index in [-0.39, 0.29) is 17.0 Å². The predicted octanol–water partition coefficient (Wildman–Crippen LogP) is 2.00.